The number of rotatable bonds is 9. The largest absolute Gasteiger partial charge is 0.466 e. The van der Waals surface area contributed by atoms with Crippen molar-refractivity contribution in [3.05, 3.63) is 74.8 Å². The standard InChI is InChI=1S/C21H20N4O4S2/c1-3-29-20(26)11-16-13-30-21(23-16)24-22-12-15-10-17(25(27)28)6-9-19(15)31-18-7-4-14(2)5-8-18/h4-10,12-13H,3,11H2,1-2H3,(H,23,24). The molecule has 0 fully saturated rings. The molecule has 3 rings (SSSR count). The lowest BCUT2D eigenvalue weighted by Crippen LogP contribution is -2.07. The number of non-ortho nitro benzene ring substituents is 1. The van der Waals surface area contributed by atoms with Gasteiger partial charge in [0.05, 0.1) is 29.9 Å². The maximum Gasteiger partial charge on any atom is 0.311 e. The summed E-state index contributed by atoms with van der Waals surface area (Å²) < 4.78 is 4.91. The highest BCUT2D eigenvalue weighted by molar-refractivity contribution is 7.99. The molecule has 0 saturated heterocycles. The van der Waals surface area contributed by atoms with Gasteiger partial charge < -0.3 is 4.74 Å². The van der Waals surface area contributed by atoms with Crippen LogP contribution < -0.4 is 5.43 Å². The number of carbonyl (C=O) groups excluding carboxylic acids is 1. The molecule has 8 nitrogen and oxygen atoms in total. The Labute approximate surface area is 187 Å². The normalized spacial score (nSPS) is 10.9. The fourth-order valence-electron chi connectivity index (χ4n) is 2.53. The Kier molecular flexibility index (Phi) is 7.74. The second-order valence-electron chi connectivity index (χ2n) is 6.39. The molecule has 1 aromatic heterocycles. The van der Waals surface area contributed by atoms with E-state index < -0.39 is 4.92 Å². The Morgan fingerprint density at radius 2 is 2.10 bits per heavy atom. The number of hydrogen-bond donors (Lipinski definition) is 1. The number of carbonyl (C=O) groups is 1. The van der Waals surface area contributed by atoms with E-state index in [1.807, 2.05) is 31.2 Å². The van der Waals surface area contributed by atoms with Crippen LogP contribution in [0.25, 0.3) is 0 Å². The second-order valence-corrected chi connectivity index (χ2v) is 8.36. The van der Waals surface area contributed by atoms with Crippen molar-refractivity contribution in [2.24, 2.45) is 5.10 Å². The van der Waals surface area contributed by atoms with Crippen LogP contribution in [0.4, 0.5) is 10.8 Å². The van der Waals surface area contributed by atoms with Crippen LogP contribution in [0.15, 0.2) is 62.7 Å². The van der Waals surface area contributed by atoms with Crippen molar-refractivity contribution in [3.8, 4) is 0 Å². The Bertz CT molecular complexity index is 1100. The van der Waals surface area contributed by atoms with Crippen LogP contribution in [0.3, 0.4) is 0 Å². The first-order chi connectivity index (χ1) is 14.9. The molecule has 3 aromatic rings. The van der Waals surface area contributed by atoms with E-state index in [1.165, 1.54) is 41.4 Å². The number of ether oxygens (including phenoxy) is 1. The number of hydrogen-bond acceptors (Lipinski definition) is 9. The summed E-state index contributed by atoms with van der Waals surface area (Å²) in [6.07, 6.45) is 1.62. The van der Waals surface area contributed by atoms with Gasteiger partial charge in [0.1, 0.15) is 0 Å². The molecule has 0 aliphatic heterocycles. The van der Waals surface area contributed by atoms with Gasteiger partial charge in [0, 0.05) is 32.9 Å². The van der Waals surface area contributed by atoms with Gasteiger partial charge in [0.2, 0.25) is 5.13 Å². The van der Waals surface area contributed by atoms with Crippen molar-refractivity contribution >= 4 is 46.1 Å². The van der Waals surface area contributed by atoms with Crippen LogP contribution in [0.5, 0.6) is 0 Å². The van der Waals surface area contributed by atoms with Gasteiger partial charge in [-0.1, -0.05) is 29.5 Å². The third-order valence-corrected chi connectivity index (χ3v) is 5.89. The van der Waals surface area contributed by atoms with Crippen molar-refractivity contribution in [1.82, 2.24) is 4.98 Å². The first-order valence-electron chi connectivity index (χ1n) is 9.36. The van der Waals surface area contributed by atoms with E-state index in [2.05, 4.69) is 15.5 Å². The summed E-state index contributed by atoms with van der Waals surface area (Å²) in [5.74, 6) is -0.336. The smallest absolute Gasteiger partial charge is 0.311 e. The first kappa shape index (κ1) is 22.4. The number of nitro groups is 1. The van der Waals surface area contributed by atoms with Crippen LogP contribution >= 0.6 is 23.1 Å². The molecule has 0 spiro atoms. The number of aryl methyl sites for hydroxylation is 1. The minimum absolute atomic E-state index is 0.0133. The molecule has 31 heavy (non-hydrogen) atoms. The van der Waals surface area contributed by atoms with Gasteiger partial charge in [-0.05, 0) is 32.0 Å². The molecule has 1 N–H and O–H groups in total. The van der Waals surface area contributed by atoms with Crippen molar-refractivity contribution in [2.45, 2.75) is 30.1 Å². The van der Waals surface area contributed by atoms with Crippen molar-refractivity contribution in [1.29, 1.82) is 0 Å². The van der Waals surface area contributed by atoms with Gasteiger partial charge in [-0.2, -0.15) is 5.10 Å². The fraction of sp³-hybridized carbons (Fsp3) is 0.190. The Morgan fingerprint density at radius 1 is 1.32 bits per heavy atom. The molecule has 0 radical (unpaired) electrons. The summed E-state index contributed by atoms with van der Waals surface area (Å²) in [7, 11) is 0. The molecule has 0 bridgehead atoms. The Morgan fingerprint density at radius 3 is 2.81 bits per heavy atom. The lowest BCUT2D eigenvalue weighted by Gasteiger charge is -2.06. The van der Waals surface area contributed by atoms with E-state index in [1.54, 1.807) is 18.4 Å². The minimum Gasteiger partial charge on any atom is -0.466 e. The number of benzene rings is 2. The highest BCUT2D eigenvalue weighted by atomic mass is 32.2. The van der Waals surface area contributed by atoms with Crippen LogP contribution in [0, 0.1) is 17.0 Å². The van der Waals surface area contributed by atoms with Crippen molar-refractivity contribution < 1.29 is 14.5 Å². The number of nitrogens with zero attached hydrogens (tertiary/aromatic N) is 3. The van der Waals surface area contributed by atoms with E-state index in [4.69, 9.17) is 4.74 Å². The van der Waals surface area contributed by atoms with E-state index in [0.29, 0.717) is 23.0 Å². The van der Waals surface area contributed by atoms with E-state index in [0.717, 1.165) is 15.4 Å². The van der Waals surface area contributed by atoms with Gasteiger partial charge in [-0.15, -0.1) is 11.3 Å². The summed E-state index contributed by atoms with van der Waals surface area (Å²) >= 11 is 2.80. The monoisotopic (exact) mass is 456 g/mol. The summed E-state index contributed by atoms with van der Waals surface area (Å²) in [5.41, 5.74) is 5.15. The average molecular weight is 457 g/mol. The molecule has 10 heteroatoms. The molecule has 2 aromatic carbocycles. The topological polar surface area (TPSA) is 107 Å². The highest BCUT2D eigenvalue weighted by Gasteiger charge is 2.12. The summed E-state index contributed by atoms with van der Waals surface area (Å²) in [6, 6.07) is 12.7. The Hall–Kier alpha value is -3.24. The van der Waals surface area contributed by atoms with E-state index >= 15 is 0 Å². The van der Waals surface area contributed by atoms with E-state index in [-0.39, 0.29) is 18.1 Å². The van der Waals surface area contributed by atoms with Gasteiger partial charge in [0.15, 0.2) is 0 Å². The third-order valence-electron chi connectivity index (χ3n) is 4.00. The van der Waals surface area contributed by atoms with Crippen molar-refractivity contribution in [2.75, 3.05) is 12.0 Å². The number of anilines is 1. The Balaban J connectivity index is 1.74. The minimum atomic E-state index is -0.437. The summed E-state index contributed by atoms with van der Waals surface area (Å²) in [6.45, 7) is 4.09. The lowest BCUT2D eigenvalue weighted by molar-refractivity contribution is -0.384. The molecular weight excluding hydrogens is 436 g/mol. The maximum absolute atomic E-state index is 11.5. The molecule has 0 aliphatic carbocycles. The molecule has 160 valence electrons. The zero-order chi connectivity index (χ0) is 22.2. The summed E-state index contributed by atoms with van der Waals surface area (Å²) in [4.78, 5) is 28.4. The predicted molar refractivity (Wildman–Crippen MR) is 122 cm³/mol. The third kappa shape index (κ3) is 6.63. The van der Waals surface area contributed by atoms with Crippen molar-refractivity contribution in [3.63, 3.8) is 0 Å². The van der Waals surface area contributed by atoms with Gasteiger partial charge in [-0.25, -0.2) is 4.98 Å². The van der Waals surface area contributed by atoms with E-state index in [9.17, 15) is 14.9 Å². The summed E-state index contributed by atoms with van der Waals surface area (Å²) in [5, 5.41) is 17.6. The molecule has 0 aliphatic rings. The molecule has 0 atom stereocenters. The van der Waals surface area contributed by atoms with Crippen LogP contribution in [0.1, 0.15) is 23.7 Å². The zero-order valence-electron chi connectivity index (χ0n) is 16.9. The number of hydrazone groups is 1. The highest BCUT2D eigenvalue weighted by Crippen LogP contribution is 2.32. The number of aromatic nitrogens is 1. The van der Waals surface area contributed by atoms with Crippen LogP contribution in [-0.2, 0) is 16.0 Å². The number of thiazole rings is 1. The van der Waals surface area contributed by atoms with Crippen LogP contribution in [0.2, 0.25) is 0 Å². The first-order valence-corrected chi connectivity index (χ1v) is 11.1. The quantitative estimate of drug-likeness (QED) is 0.207. The SMILES string of the molecule is CCOC(=O)Cc1csc(NN=Cc2cc([N+](=O)[O-])ccc2Sc2ccc(C)cc2)n1. The number of esters is 1. The van der Waals surface area contributed by atoms with Crippen LogP contribution in [-0.4, -0.2) is 28.7 Å². The fourth-order valence-corrected chi connectivity index (χ4v) is 4.08. The molecule has 0 unspecified atom stereocenters. The van der Waals surface area contributed by atoms with Gasteiger partial charge in [0.25, 0.3) is 5.69 Å². The number of nitro benzene ring substituents is 1. The molecule has 1 heterocycles. The molecular formula is C21H20N4O4S2. The number of nitrogens with one attached hydrogen (secondary N) is 1. The predicted octanol–water partition coefficient (Wildman–Crippen LogP) is 5.06. The molecule has 0 amide bonds. The second kappa shape index (κ2) is 10.7. The molecule has 0 saturated carbocycles. The average Bonchev–Trinajstić information content (AvgIpc) is 3.17. The zero-order valence-corrected chi connectivity index (χ0v) is 18.5. The maximum atomic E-state index is 11.5. The van der Waals surface area contributed by atoms with Gasteiger partial charge in [-0.3, -0.25) is 20.3 Å². The lowest BCUT2D eigenvalue weighted by atomic mass is 10.2. The van der Waals surface area contributed by atoms with Gasteiger partial charge >= 0.3 is 5.97 Å².